The summed E-state index contributed by atoms with van der Waals surface area (Å²) < 4.78 is 11.1. The molecule has 0 fully saturated rings. The van der Waals surface area contributed by atoms with Gasteiger partial charge in [0, 0.05) is 21.7 Å². The Labute approximate surface area is 201 Å². The Morgan fingerprint density at radius 2 is 1.71 bits per heavy atom. The average Bonchev–Trinajstić information content (AvgIpc) is 3.19. The smallest absolute Gasteiger partial charge is 0.335 e. The summed E-state index contributed by atoms with van der Waals surface area (Å²) in [7, 11) is 0. The molecule has 34 heavy (non-hydrogen) atoms. The van der Waals surface area contributed by atoms with Gasteiger partial charge in [-0.3, -0.25) is 4.79 Å². The van der Waals surface area contributed by atoms with Gasteiger partial charge in [0.25, 0.3) is 0 Å². The fourth-order valence-electron chi connectivity index (χ4n) is 3.72. The van der Waals surface area contributed by atoms with Crippen LogP contribution in [-0.2, 0) is 16.0 Å². The van der Waals surface area contributed by atoms with Gasteiger partial charge in [-0.25, -0.2) is 4.79 Å². The zero-order valence-electron chi connectivity index (χ0n) is 18.6. The molecule has 4 rings (SSSR count). The quantitative estimate of drug-likeness (QED) is 0.306. The Bertz CT molecular complexity index is 1340. The molecule has 0 aliphatic carbocycles. The van der Waals surface area contributed by atoms with E-state index in [0.717, 1.165) is 22.3 Å². The van der Waals surface area contributed by atoms with Gasteiger partial charge in [-0.15, -0.1) is 0 Å². The lowest BCUT2D eigenvalue weighted by molar-refractivity contribution is -0.147. The van der Waals surface area contributed by atoms with Gasteiger partial charge in [-0.05, 0) is 43.2 Å². The molecule has 1 aromatic heterocycles. The molecular formula is C27H22ClNO5. The van der Waals surface area contributed by atoms with E-state index < -0.39 is 18.0 Å². The number of ether oxygens (including phenoxy) is 1. The number of benzene rings is 3. The minimum Gasteiger partial charge on any atom is -0.478 e. The van der Waals surface area contributed by atoms with Crippen LogP contribution in [0.2, 0.25) is 5.02 Å². The highest BCUT2D eigenvalue weighted by Gasteiger charge is 2.21. The molecule has 0 radical (unpaired) electrons. The molecule has 0 saturated carbocycles. The molecule has 0 bridgehead atoms. The summed E-state index contributed by atoms with van der Waals surface area (Å²) in [5.41, 5.74) is 4.62. The number of nitrogens with zero attached hydrogens (tertiary/aromatic N) is 1. The van der Waals surface area contributed by atoms with Crippen LogP contribution in [0.15, 0.2) is 77.3 Å². The van der Waals surface area contributed by atoms with E-state index in [-0.39, 0.29) is 12.0 Å². The maximum absolute atomic E-state index is 12.7. The monoisotopic (exact) mass is 475 g/mol. The molecule has 1 atom stereocenters. The first-order chi connectivity index (χ1) is 16.3. The minimum absolute atomic E-state index is 0.00185. The van der Waals surface area contributed by atoms with E-state index in [1.54, 1.807) is 38.1 Å². The zero-order valence-corrected chi connectivity index (χ0v) is 19.4. The molecule has 1 heterocycles. The summed E-state index contributed by atoms with van der Waals surface area (Å²) in [5.74, 6) is -0.899. The van der Waals surface area contributed by atoms with Crippen LogP contribution in [0.5, 0.6) is 0 Å². The van der Waals surface area contributed by atoms with Crippen LogP contribution in [0.3, 0.4) is 0 Å². The number of esters is 1. The third-order valence-corrected chi connectivity index (χ3v) is 5.89. The van der Waals surface area contributed by atoms with Gasteiger partial charge >= 0.3 is 11.9 Å². The van der Waals surface area contributed by atoms with Crippen LogP contribution in [0.25, 0.3) is 22.5 Å². The molecule has 0 spiro atoms. The molecule has 1 unspecified atom stereocenters. The molecule has 6 nitrogen and oxygen atoms in total. The molecule has 0 saturated heterocycles. The van der Waals surface area contributed by atoms with E-state index in [2.05, 4.69) is 5.16 Å². The fourth-order valence-corrected chi connectivity index (χ4v) is 4.01. The number of rotatable bonds is 7. The van der Waals surface area contributed by atoms with Crippen molar-refractivity contribution in [2.45, 2.75) is 26.4 Å². The number of carboxylic acids is 1. The minimum atomic E-state index is -0.976. The lowest BCUT2D eigenvalue weighted by Crippen LogP contribution is -2.12. The third-order valence-electron chi connectivity index (χ3n) is 5.55. The van der Waals surface area contributed by atoms with Crippen LogP contribution in [0.4, 0.5) is 0 Å². The molecule has 4 aromatic rings. The van der Waals surface area contributed by atoms with Crippen LogP contribution < -0.4 is 0 Å². The standard InChI is InChI=1S/C27H22ClNO5/c1-16-23(15-25(30)33-17(2)22-8-3-4-9-24(22)28)26(34-29-16)19-12-10-18(11-13-19)20-6-5-7-21(14-20)27(31)32/h3-14,17H,15H2,1-2H3,(H,31,32). The van der Waals surface area contributed by atoms with Crippen molar-refractivity contribution < 1.29 is 24.0 Å². The second-order valence-corrected chi connectivity index (χ2v) is 8.28. The van der Waals surface area contributed by atoms with E-state index in [4.69, 9.17) is 20.9 Å². The summed E-state index contributed by atoms with van der Waals surface area (Å²) in [5, 5.41) is 13.8. The number of hydrogen-bond donors (Lipinski definition) is 1. The van der Waals surface area contributed by atoms with Crippen molar-refractivity contribution in [1.29, 1.82) is 0 Å². The second-order valence-electron chi connectivity index (χ2n) is 7.87. The number of carboxylic acid groups (broad SMARTS) is 1. The predicted octanol–water partition coefficient (Wildman–Crippen LogP) is 6.52. The summed E-state index contributed by atoms with van der Waals surface area (Å²) in [6.45, 7) is 3.55. The number of carbonyl (C=O) groups excluding carboxylic acids is 1. The van der Waals surface area contributed by atoms with Gasteiger partial charge in [-0.2, -0.15) is 0 Å². The van der Waals surface area contributed by atoms with Gasteiger partial charge in [-0.1, -0.05) is 71.4 Å². The van der Waals surface area contributed by atoms with Gasteiger partial charge in [0.05, 0.1) is 17.7 Å². The van der Waals surface area contributed by atoms with E-state index in [9.17, 15) is 14.7 Å². The van der Waals surface area contributed by atoms with E-state index in [1.807, 2.05) is 48.5 Å². The lowest BCUT2D eigenvalue weighted by Gasteiger charge is -2.15. The highest BCUT2D eigenvalue weighted by atomic mass is 35.5. The highest BCUT2D eigenvalue weighted by Crippen LogP contribution is 2.31. The SMILES string of the molecule is Cc1noc(-c2ccc(-c3cccc(C(=O)O)c3)cc2)c1CC(=O)OC(C)c1ccccc1Cl. The average molecular weight is 476 g/mol. The Morgan fingerprint density at radius 1 is 1.00 bits per heavy atom. The van der Waals surface area contributed by atoms with E-state index in [0.29, 0.717) is 22.0 Å². The Morgan fingerprint density at radius 3 is 2.41 bits per heavy atom. The molecule has 0 amide bonds. The van der Waals surface area contributed by atoms with Crippen LogP contribution in [-0.4, -0.2) is 22.2 Å². The molecular weight excluding hydrogens is 454 g/mol. The number of carbonyl (C=O) groups is 2. The Balaban J connectivity index is 1.52. The van der Waals surface area contributed by atoms with Crippen molar-refractivity contribution in [3.8, 4) is 22.5 Å². The van der Waals surface area contributed by atoms with Crippen LogP contribution >= 0.6 is 11.6 Å². The second kappa shape index (κ2) is 9.93. The largest absolute Gasteiger partial charge is 0.478 e. The Kier molecular flexibility index (Phi) is 6.80. The van der Waals surface area contributed by atoms with E-state index >= 15 is 0 Å². The fraction of sp³-hybridized carbons (Fsp3) is 0.148. The van der Waals surface area contributed by atoms with Crippen molar-refractivity contribution in [3.63, 3.8) is 0 Å². The first-order valence-corrected chi connectivity index (χ1v) is 11.0. The summed E-state index contributed by atoms with van der Waals surface area (Å²) in [6, 6.07) is 21.4. The molecule has 0 aliphatic heterocycles. The molecule has 3 aromatic carbocycles. The molecule has 7 heteroatoms. The van der Waals surface area contributed by atoms with Crippen molar-refractivity contribution in [2.24, 2.45) is 0 Å². The van der Waals surface area contributed by atoms with Gasteiger partial charge < -0.3 is 14.4 Å². The molecule has 172 valence electrons. The Hall–Kier alpha value is -3.90. The van der Waals surface area contributed by atoms with Crippen LogP contribution in [0, 0.1) is 6.92 Å². The summed E-state index contributed by atoms with van der Waals surface area (Å²) >= 11 is 6.21. The van der Waals surface area contributed by atoms with Crippen molar-refractivity contribution in [3.05, 3.63) is 100 Å². The first-order valence-electron chi connectivity index (χ1n) is 10.7. The zero-order chi connectivity index (χ0) is 24.2. The number of aromatic carboxylic acids is 1. The lowest BCUT2D eigenvalue weighted by atomic mass is 9.99. The maximum atomic E-state index is 12.7. The number of hydrogen-bond acceptors (Lipinski definition) is 5. The van der Waals surface area contributed by atoms with Crippen molar-refractivity contribution in [2.75, 3.05) is 0 Å². The molecule has 1 N–H and O–H groups in total. The van der Waals surface area contributed by atoms with Crippen molar-refractivity contribution in [1.82, 2.24) is 5.16 Å². The topological polar surface area (TPSA) is 89.6 Å². The van der Waals surface area contributed by atoms with E-state index in [1.165, 1.54) is 0 Å². The van der Waals surface area contributed by atoms with Gasteiger partial charge in [0.1, 0.15) is 6.10 Å². The predicted molar refractivity (Wildman–Crippen MR) is 129 cm³/mol. The maximum Gasteiger partial charge on any atom is 0.335 e. The highest BCUT2D eigenvalue weighted by molar-refractivity contribution is 6.31. The summed E-state index contributed by atoms with van der Waals surface area (Å²) in [6.07, 6.45) is -0.493. The molecule has 0 aliphatic rings. The van der Waals surface area contributed by atoms with Crippen molar-refractivity contribution >= 4 is 23.5 Å². The normalized spacial score (nSPS) is 11.7. The first kappa shape index (κ1) is 23.3. The van der Waals surface area contributed by atoms with Gasteiger partial charge in [0.15, 0.2) is 5.76 Å². The third kappa shape index (κ3) is 5.02. The van der Waals surface area contributed by atoms with Crippen LogP contribution in [0.1, 0.15) is 40.2 Å². The number of halogens is 1. The summed E-state index contributed by atoms with van der Waals surface area (Å²) in [4.78, 5) is 23.9. The van der Waals surface area contributed by atoms with Gasteiger partial charge in [0.2, 0.25) is 0 Å². The number of aromatic nitrogens is 1. The number of aryl methyl sites for hydroxylation is 1.